The second kappa shape index (κ2) is 69.3. The number of ether oxygens (including phenoxy) is 2. The van der Waals surface area contributed by atoms with Crippen molar-refractivity contribution in [2.45, 2.75) is 315 Å². The number of rotatable bonds is 61. The highest BCUT2D eigenvalue weighted by Crippen LogP contribution is 2.17. The first-order valence-corrected chi connectivity index (χ1v) is 33.7. The van der Waals surface area contributed by atoms with E-state index in [9.17, 15) is 14.7 Å². The highest BCUT2D eigenvalue weighted by Gasteiger charge is 2.16. The van der Waals surface area contributed by atoms with E-state index in [1.165, 1.54) is 173 Å². The van der Waals surface area contributed by atoms with Gasteiger partial charge in [-0.1, -0.05) is 314 Å². The molecule has 0 spiro atoms. The molecular weight excluding hydrogens is 981 g/mol. The van der Waals surface area contributed by atoms with Crippen molar-refractivity contribution in [3.05, 3.63) is 134 Å². The lowest BCUT2D eigenvalue weighted by Crippen LogP contribution is -2.28. The molecule has 0 aliphatic rings. The van der Waals surface area contributed by atoms with Crippen molar-refractivity contribution in [1.82, 2.24) is 0 Å². The van der Waals surface area contributed by atoms with Crippen LogP contribution >= 0.6 is 0 Å². The Morgan fingerprint density at radius 2 is 0.537 bits per heavy atom. The summed E-state index contributed by atoms with van der Waals surface area (Å²) in [6.07, 6.45) is 103. The molecule has 0 fully saturated rings. The van der Waals surface area contributed by atoms with Gasteiger partial charge < -0.3 is 14.6 Å². The van der Waals surface area contributed by atoms with E-state index in [1.54, 1.807) is 0 Å². The van der Waals surface area contributed by atoms with Crippen molar-refractivity contribution >= 4 is 11.9 Å². The molecule has 0 aromatic heterocycles. The fraction of sp³-hybridized carbons (Fsp3) is 0.680. The van der Waals surface area contributed by atoms with Crippen LogP contribution in [0.4, 0.5) is 0 Å². The van der Waals surface area contributed by atoms with Crippen molar-refractivity contribution < 1.29 is 24.2 Å². The quantitative estimate of drug-likeness (QED) is 0.0373. The molecule has 1 N–H and O–H groups in total. The Morgan fingerprint density at radius 3 is 0.825 bits per heavy atom. The number of aliphatic hydroxyl groups is 1. The minimum Gasteiger partial charge on any atom is -0.462 e. The lowest BCUT2D eigenvalue weighted by Gasteiger charge is -2.15. The van der Waals surface area contributed by atoms with Crippen LogP contribution in [-0.2, 0) is 19.1 Å². The summed E-state index contributed by atoms with van der Waals surface area (Å²) in [6.45, 7) is 4.01. The van der Waals surface area contributed by atoms with Gasteiger partial charge in [0.15, 0.2) is 6.10 Å². The summed E-state index contributed by atoms with van der Waals surface area (Å²) in [4.78, 5) is 24.6. The Bertz CT molecular complexity index is 1630. The summed E-state index contributed by atoms with van der Waals surface area (Å²) >= 11 is 0. The Hall–Kier alpha value is -3.96. The van der Waals surface area contributed by atoms with E-state index in [-0.39, 0.29) is 25.2 Å². The normalized spacial score (nSPS) is 13.1. The molecule has 0 aliphatic heterocycles. The van der Waals surface area contributed by atoms with Crippen LogP contribution < -0.4 is 0 Å². The summed E-state index contributed by atoms with van der Waals surface area (Å²) in [5.74, 6) is -0.627. The third-order valence-electron chi connectivity index (χ3n) is 14.4. The Morgan fingerprint density at radius 1 is 0.300 bits per heavy atom. The van der Waals surface area contributed by atoms with Gasteiger partial charge in [0.05, 0.1) is 6.61 Å². The first-order valence-electron chi connectivity index (χ1n) is 33.7. The number of aliphatic hydroxyl groups excluding tert-OH is 1. The second-order valence-electron chi connectivity index (χ2n) is 22.2. The summed E-state index contributed by atoms with van der Waals surface area (Å²) < 4.78 is 10.7. The summed E-state index contributed by atoms with van der Waals surface area (Å²) in [5, 5.41) is 9.69. The molecule has 0 heterocycles. The molecule has 5 heteroatoms. The molecule has 0 saturated carbocycles. The number of carbonyl (C=O) groups excluding carboxylic acids is 2. The average molecular weight is 1110 g/mol. The van der Waals surface area contributed by atoms with Gasteiger partial charge in [0.1, 0.15) is 6.61 Å². The first kappa shape index (κ1) is 76.0. The van der Waals surface area contributed by atoms with E-state index in [2.05, 4.69) is 148 Å². The van der Waals surface area contributed by atoms with Gasteiger partial charge in [0.25, 0.3) is 0 Å². The van der Waals surface area contributed by atoms with Gasteiger partial charge in [-0.25, -0.2) is 0 Å². The van der Waals surface area contributed by atoms with Gasteiger partial charge in [-0.2, -0.15) is 0 Å². The minimum absolute atomic E-state index is 0.0848. The first-order chi connectivity index (χ1) is 39.6. The average Bonchev–Trinajstić information content (AvgIpc) is 3.46. The molecule has 5 nitrogen and oxygen atoms in total. The van der Waals surface area contributed by atoms with Gasteiger partial charge in [0.2, 0.25) is 0 Å². The second-order valence-corrected chi connectivity index (χ2v) is 22.2. The molecular formula is C75H126O5. The van der Waals surface area contributed by atoms with Gasteiger partial charge in [-0.05, 0) is 116 Å². The molecule has 1 unspecified atom stereocenters. The summed E-state index contributed by atoms with van der Waals surface area (Å²) in [5.41, 5.74) is 0. The minimum atomic E-state index is -0.800. The van der Waals surface area contributed by atoms with Crippen LogP contribution in [0.15, 0.2) is 134 Å². The Kier molecular flexibility index (Phi) is 65.9. The third-order valence-corrected chi connectivity index (χ3v) is 14.4. The zero-order chi connectivity index (χ0) is 57.6. The number of unbranched alkanes of at least 4 members (excludes halogenated alkanes) is 31. The molecule has 0 aromatic rings. The highest BCUT2D eigenvalue weighted by molar-refractivity contribution is 5.70. The van der Waals surface area contributed by atoms with E-state index >= 15 is 0 Å². The van der Waals surface area contributed by atoms with Crippen molar-refractivity contribution in [3.8, 4) is 0 Å². The van der Waals surface area contributed by atoms with E-state index in [0.29, 0.717) is 12.8 Å². The zero-order valence-electron chi connectivity index (χ0n) is 52.3. The maximum Gasteiger partial charge on any atom is 0.306 e. The predicted octanol–water partition coefficient (Wildman–Crippen LogP) is 23.5. The summed E-state index contributed by atoms with van der Waals surface area (Å²) in [6, 6.07) is 0. The standard InChI is InChI=1S/C75H126O5/c1-3-5-7-9-11-13-15-17-19-21-23-25-27-29-31-33-35-36-37-38-40-41-43-45-47-49-51-53-55-57-59-61-63-65-67-69-74(77)79-72-73(71-76)80-75(78)70-68-66-64-62-60-58-56-54-52-50-48-46-44-42-39-34-32-30-28-26-24-22-20-18-16-14-12-10-8-6-4-2/h6,8,12,14-15,17-18,20-21,23-24,26,30,32,39,42,46,48,52,54,58,60,73,76H,3-5,7,9-11,13,16,19,22,25,27-29,31,33-38,40-41,43-45,47,49-51,53,55-57,59,61-72H2,1-2H3/b8-6-,14-12-,17-15-,20-18-,23-21-,26-24-,32-30-,42-39-,48-46-,54-52-,60-58-. The SMILES string of the molecule is CC/C=C\C/C=C\C/C=C\C/C=C\C/C=C\C/C=C\C/C=C\C/C=C\C/C=C\CCCCCC(=O)OC(CO)COC(=O)CCCCCCCCCCCCCCCCCCCCCCCCC/C=C\C/C=C\CCCCCCC. The number of carbonyl (C=O) groups is 2. The van der Waals surface area contributed by atoms with Crippen molar-refractivity contribution in [2.75, 3.05) is 13.2 Å². The van der Waals surface area contributed by atoms with Crippen LogP contribution in [0.3, 0.4) is 0 Å². The van der Waals surface area contributed by atoms with Crippen LogP contribution in [0.5, 0.6) is 0 Å². The maximum atomic E-state index is 12.3. The number of hydrogen-bond donors (Lipinski definition) is 1. The molecule has 0 bridgehead atoms. The van der Waals surface area contributed by atoms with Crippen molar-refractivity contribution in [2.24, 2.45) is 0 Å². The Balaban J connectivity index is 3.54. The van der Waals surface area contributed by atoms with Crippen LogP contribution in [0.2, 0.25) is 0 Å². The molecule has 0 aliphatic carbocycles. The monoisotopic (exact) mass is 1110 g/mol. The maximum absolute atomic E-state index is 12.3. The molecule has 0 radical (unpaired) electrons. The van der Waals surface area contributed by atoms with Crippen molar-refractivity contribution in [1.29, 1.82) is 0 Å². The third kappa shape index (κ3) is 66.6. The smallest absolute Gasteiger partial charge is 0.306 e. The van der Waals surface area contributed by atoms with Crippen LogP contribution in [0, 0.1) is 0 Å². The van der Waals surface area contributed by atoms with Gasteiger partial charge in [0, 0.05) is 12.8 Å². The Labute approximate surface area is 496 Å². The van der Waals surface area contributed by atoms with E-state index in [0.717, 1.165) is 109 Å². The molecule has 0 aromatic carbocycles. The molecule has 0 saturated heterocycles. The predicted molar refractivity (Wildman–Crippen MR) is 352 cm³/mol. The van der Waals surface area contributed by atoms with Crippen molar-refractivity contribution in [3.63, 3.8) is 0 Å². The highest BCUT2D eigenvalue weighted by atomic mass is 16.6. The molecule has 0 rings (SSSR count). The fourth-order valence-electron chi connectivity index (χ4n) is 9.40. The largest absolute Gasteiger partial charge is 0.462 e. The molecule has 0 amide bonds. The van der Waals surface area contributed by atoms with Crippen LogP contribution in [0.25, 0.3) is 0 Å². The van der Waals surface area contributed by atoms with Gasteiger partial charge in [-0.15, -0.1) is 0 Å². The molecule has 456 valence electrons. The number of allylic oxidation sites excluding steroid dienone is 22. The molecule has 80 heavy (non-hydrogen) atoms. The van der Waals surface area contributed by atoms with E-state index in [4.69, 9.17) is 9.47 Å². The lowest BCUT2D eigenvalue weighted by molar-refractivity contribution is -0.161. The van der Waals surface area contributed by atoms with E-state index in [1.807, 2.05) is 0 Å². The topological polar surface area (TPSA) is 72.8 Å². The lowest BCUT2D eigenvalue weighted by atomic mass is 10.0. The van der Waals surface area contributed by atoms with Gasteiger partial charge in [-0.3, -0.25) is 9.59 Å². The molecule has 1 atom stereocenters. The van der Waals surface area contributed by atoms with E-state index < -0.39 is 6.10 Å². The fourth-order valence-corrected chi connectivity index (χ4v) is 9.40. The van der Waals surface area contributed by atoms with Crippen LogP contribution in [-0.4, -0.2) is 36.4 Å². The van der Waals surface area contributed by atoms with Crippen LogP contribution in [0.1, 0.15) is 309 Å². The number of esters is 2. The summed E-state index contributed by atoms with van der Waals surface area (Å²) in [7, 11) is 0. The zero-order valence-corrected chi connectivity index (χ0v) is 52.3. The number of hydrogen-bond acceptors (Lipinski definition) is 5. The van der Waals surface area contributed by atoms with Gasteiger partial charge >= 0.3 is 11.9 Å².